The van der Waals surface area contributed by atoms with Gasteiger partial charge >= 0.3 is 0 Å². The molecule has 154 valence electrons. The van der Waals surface area contributed by atoms with Crippen molar-refractivity contribution in [2.24, 2.45) is 5.92 Å². The van der Waals surface area contributed by atoms with Crippen LogP contribution in [0, 0.1) is 5.92 Å². The van der Waals surface area contributed by atoms with E-state index in [-0.39, 0.29) is 0 Å². The maximum absolute atomic E-state index is 5.66. The van der Waals surface area contributed by atoms with Crippen LogP contribution >= 0.6 is 11.3 Å². The van der Waals surface area contributed by atoms with Gasteiger partial charge in [-0.1, -0.05) is 13.8 Å². The average molecular weight is 404 g/mol. The standard InChI is InChI=1S/C21H33N5OS/c1-15(2)5-6-18-19-13-25(12-17-11-22-21(28-17)24(3)4)8-9-26(19)20(23-18)16-7-10-27-14-16/h11,15-16H,5-10,12-14H2,1-4H3. The zero-order valence-corrected chi connectivity index (χ0v) is 18.5. The van der Waals surface area contributed by atoms with Gasteiger partial charge in [0.2, 0.25) is 0 Å². The van der Waals surface area contributed by atoms with E-state index in [1.165, 1.54) is 28.5 Å². The molecule has 1 saturated heterocycles. The lowest BCUT2D eigenvalue weighted by atomic mass is 10.0. The van der Waals surface area contributed by atoms with Gasteiger partial charge in [0, 0.05) is 63.9 Å². The summed E-state index contributed by atoms with van der Waals surface area (Å²) in [6, 6.07) is 0. The van der Waals surface area contributed by atoms with E-state index in [0.717, 1.165) is 57.4 Å². The largest absolute Gasteiger partial charge is 0.381 e. The third-order valence-electron chi connectivity index (χ3n) is 5.75. The van der Waals surface area contributed by atoms with E-state index in [4.69, 9.17) is 9.72 Å². The van der Waals surface area contributed by atoms with Crippen LogP contribution in [-0.4, -0.2) is 53.3 Å². The summed E-state index contributed by atoms with van der Waals surface area (Å²) in [4.78, 5) is 15.7. The van der Waals surface area contributed by atoms with Gasteiger partial charge < -0.3 is 14.2 Å². The molecule has 2 aliphatic heterocycles. The molecule has 1 unspecified atom stereocenters. The van der Waals surface area contributed by atoms with Gasteiger partial charge in [0.1, 0.15) is 5.82 Å². The van der Waals surface area contributed by atoms with Crippen molar-refractivity contribution in [3.63, 3.8) is 0 Å². The highest BCUT2D eigenvalue weighted by Gasteiger charge is 2.29. The number of fused-ring (bicyclic) bond motifs is 1. The van der Waals surface area contributed by atoms with Crippen molar-refractivity contribution in [3.8, 4) is 0 Å². The van der Waals surface area contributed by atoms with Crippen LogP contribution in [-0.2, 0) is 30.8 Å². The number of thiazole rings is 1. The molecule has 1 fully saturated rings. The second-order valence-corrected chi connectivity index (χ2v) is 9.82. The summed E-state index contributed by atoms with van der Waals surface area (Å²) in [5.74, 6) is 2.46. The Hall–Kier alpha value is -1.44. The van der Waals surface area contributed by atoms with Crippen molar-refractivity contribution in [3.05, 3.63) is 28.3 Å². The number of imidazole rings is 1. The molecule has 0 aliphatic carbocycles. The number of aryl methyl sites for hydroxylation is 1. The highest BCUT2D eigenvalue weighted by Crippen LogP contribution is 2.31. The van der Waals surface area contributed by atoms with Gasteiger partial charge in [-0.15, -0.1) is 11.3 Å². The maximum Gasteiger partial charge on any atom is 0.185 e. The van der Waals surface area contributed by atoms with Crippen molar-refractivity contribution in [1.82, 2.24) is 19.4 Å². The first-order valence-corrected chi connectivity index (χ1v) is 11.3. The monoisotopic (exact) mass is 403 g/mol. The maximum atomic E-state index is 5.66. The summed E-state index contributed by atoms with van der Waals surface area (Å²) in [5, 5.41) is 1.08. The van der Waals surface area contributed by atoms with E-state index in [1.807, 2.05) is 6.20 Å². The van der Waals surface area contributed by atoms with Gasteiger partial charge in [-0.25, -0.2) is 9.97 Å². The van der Waals surface area contributed by atoms with Crippen LogP contribution in [0.5, 0.6) is 0 Å². The van der Waals surface area contributed by atoms with Crippen LogP contribution in [0.15, 0.2) is 6.20 Å². The third kappa shape index (κ3) is 4.26. The van der Waals surface area contributed by atoms with Crippen LogP contribution in [0.25, 0.3) is 0 Å². The van der Waals surface area contributed by atoms with Gasteiger partial charge in [-0.3, -0.25) is 4.90 Å². The van der Waals surface area contributed by atoms with Gasteiger partial charge in [0.25, 0.3) is 0 Å². The van der Waals surface area contributed by atoms with Crippen molar-refractivity contribution < 1.29 is 4.74 Å². The van der Waals surface area contributed by atoms with E-state index in [1.54, 1.807) is 11.3 Å². The highest BCUT2D eigenvalue weighted by atomic mass is 32.1. The molecule has 0 aromatic carbocycles. The molecule has 2 aromatic heterocycles. The molecule has 4 heterocycles. The number of nitrogens with zero attached hydrogens (tertiary/aromatic N) is 5. The van der Waals surface area contributed by atoms with Gasteiger partial charge in [-0.2, -0.15) is 0 Å². The molecule has 4 rings (SSSR count). The van der Waals surface area contributed by atoms with E-state index in [9.17, 15) is 0 Å². The second kappa shape index (κ2) is 8.51. The lowest BCUT2D eigenvalue weighted by molar-refractivity contribution is 0.190. The number of ether oxygens (including phenoxy) is 1. The number of rotatable bonds is 7. The Morgan fingerprint density at radius 3 is 2.86 bits per heavy atom. The molecule has 0 N–H and O–H groups in total. The molecule has 2 aromatic rings. The van der Waals surface area contributed by atoms with Crippen molar-refractivity contribution in [1.29, 1.82) is 0 Å². The summed E-state index contributed by atoms with van der Waals surface area (Å²) in [5.41, 5.74) is 2.75. The topological polar surface area (TPSA) is 46.4 Å². The molecular formula is C21H33N5OS. The third-order valence-corrected chi connectivity index (χ3v) is 6.90. The number of anilines is 1. The molecular weight excluding hydrogens is 370 g/mol. The quantitative estimate of drug-likeness (QED) is 0.708. The zero-order valence-electron chi connectivity index (χ0n) is 17.6. The Kier molecular flexibility index (Phi) is 6.04. The molecule has 0 amide bonds. The first-order chi connectivity index (χ1) is 13.5. The van der Waals surface area contributed by atoms with Crippen molar-refractivity contribution >= 4 is 16.5 Å². The summed E-state index contributed by atoms with van der Waals surface area (Å²) >= 11 is 1.79. The fourth-order valence-electron chi connectivity index (χ4n) is 4.12. The fraction of sp³-hybridized carbons (Fsp3) is 0.714. The van der Waals surface area contributed by atoms with Crippen LogP contribution in [0.3, 0.4) is 0 Å². The number of aromatic nitrogens is 3. The van der Waals surface area contributed by atoms with Crippen LogP contribution in [0.2, 0.25) is 0 Å². The first-order valence-electron chi connectivity index (χ1n) is 10.5. The zero-order chi connectivity index (χ0) is 19.7. The Morgan fingerprint density at radius 2 is 2.18 bits per heavy atom. The Balaban J connectivity index is 1.53. The minimum atomic E-state index is 0.474. The average Bonchev–Trinajstić information content (AvgIpc) is 3.39. The summed E-state index contributed by atoms with van der Waals surface area (Å²) in [6.45, 7) is 10.4. The lowest BCUT2D eigenvalue weighted by Gasteiger charge is -2.29. The molecule has 6 nitrogen and oxygen atoms in total. The Morgan fingerprint density at radius 1 is 1.32 bits per heavy atom. The van der Waals surface area contributed by atoms with Crippen LogP contribution < -0.4 is 4.90 Å². The van der Waals surface area contributed by atoms with E-state index >= 15 is 0 Å². The van der Waals surface area contributed by atoms with Gasteiger partial charge in [-0.05, 0) is 25.2 Å². The fourth-order valence-corrected chi connectivity index (χ4v) is 5.00. The predicted molar refractivity (Wildman–Crippen MR) is 114 cm³/mol. The molecule has 0 spiro atoms. The molecule has 2 aliphatic rings. The normalized spacial score (nSPS) is 20.1. The molecule has 7 heteroatoms. The van der Waals surface area contributed by atoms with Crippen LogP contribution in [0.1, 0.15) is 54.7 Å². The Labute approximate surface area is 172 Å². The number of hydrogen-bond donors (Lipinski definition) is 0. The molecule has 1 atom stereocenters. The van der Waals surface area contributed by atoms with Crippen molar-refractivity contribution in [2.45, 2.75) is 58.7 Å². The summed E-state index contributed by atoms with van der Waals surface area (Å²) in [6.07, 6.45) is 5.43. The molecule has 0 radical (unpaired) electrons. The SMILES string of the molecule is CC(C)CCc1nc(C2CCOC2)n2c1CN(Cc1cnc(N(C)C)s1)CC2. The predicted octanol–water partition coefficient (Wildman–Crippen LogP) is 3.51. The molecule has 0 saturated carbocycles. The van der Waals surface area contributed by atoms with E-state index in [2.05, 4.69) is 47.3 Å². The minimum absolute atomic E-state index is 0.474. The Bertz CT molecular complexity index is 791. The highest BCUT2D eigenvalue weighted by molar-refractivity contribution is 7.15. The summed E-state index contributed by atoms with van der Waals surface area (Å²) < 4.78 is 8.18. The molecule has 28 heavy (non-hydrogen) atoms. The smallest absolute Gasteiger partial charge is 0.185 e. The molecule has 0 bridgehead atoms. The van der Waals surface area contributed by atoms with Crippen LogP contribution in [0.4, 0.5) is 5.13 Å². The van der Waals surface area contributed by atoms with Gasteiger partial charge in [0.15, 0.2) is 5.13 Å². The van der Waals surface area contributed by atoms with E-state index < -0.39 is 0 Å². The lowest BCUT2D eigenvalue weighted by Crippen LogP contribution is -2.34. The van der Waals surface area contributed by atoms with E-state index in [0.29, 0.717) is 11.8 Å². The second-order valence-electron chi connectivity index (χ2n) is 8.72. The first kappa shape index (κ1) is 19.9. The van der Waals surface area contributed by atoms with Crippen molar-refractivity contribution in [2.75, 3.05) is 38.8 Å². The minimum Gasteiger partial charge on any atom is -0.381 e. The number of hydrogen-bond acceptors (Lipinski definition) is 6. The summed E-state index contributed by atoms with van der Waals surface area (Å²) in [7, 11) is 4.11. The van der Waals surface area contributed by atoms with Gasteiger partial charge in [0.05, 0.1) is 18.0 Å².